The Morgan fingerprint density at radius 3 is 1.57 bits per heavy atom. The number of hydrogen-bond acceptors (Lipinski definition) is 1. The van der Waals surface area contributed by atoms with Gasteiger partial charge in [0.1, 0.15) is 0 Å². The lowest BCUT2D eigenvalue weighted by atomic mass is 9.95. The molecule has 0 spiro atoms. The summed E-state index contributed by atoms with van der Waals surface area (Å²) in [6.07, 6.45) is 25.9. The molecular formula is C20H35N. The van der Waals surface area contributed by atoms with Crippen LogP contribution in [0, 0.1) is 0 Å². The van der Waals surface area contributed by atoms with E-state index in [0.29, 0.717) is 0 Å². The van der Waals surface area contributed by atoms with E-state index in [0.717, 1.165) is 12.1 Å². The zero-order valence-corrected chi connectivity index (χ0v) is 14.0. The fraction of sp³-hybridized carbons (Fsp3) is 0.900. The largest absolute Gasteiger partial charge is 0.369 e. The van der Waals surface area contributed by atoms with Gasteiger partial charge < -0.3 is 4.90 Å². The standard InChI is InChI=1S/C20H35N/c1-2-7-13-18(12-6-1)21(20-16-10-5-11-17-20)19-14-8-3-4-9-15-19/h16,18-19H,1-15,17H2. The van der Waals surface area contributed by atoms with E-state index in [1.807, 2.05) is 0 Å². The molecule has 120 valence electrons. The minimum absolute atomic E-state index is 0.875. The first-order valence-corrected chi connectivity index (χ1v) is 9.92. The zero-order valence-electron chi connectivity index (χ0n) is 14.0. The van der Waals surface area contributed by atoms with Crippen molar-refractivity contribution in [1.29, 1.82) is 0 Å². The second-order valence-electron chi connectivity index (χ2n) is 7.64. The summed E-state index contributed by atoms with van der Waals surface area (Å²) in [5.74, 6) is 0. The molecule has 0 bridgehead atoms. The highest BCUT2D eigenvalue weighted by Gasteiger charge is 2.29. The summed E-state index contributed by atoms with van der Waals surface area (Å²) in [5.41, 5.74) is 1.75. The van der Waals surface area contributed by atoms with E-state index < -0.39 is 0 Å². The third kappa shape index (κ3) is 4.27. The fourth-order valence-corrected chi connectivity index (χ4v) is 4.89. The minimum Gasteiger partial charge on any atom is -0.369 e. The molecule has 3 aliphatic rings. The molecule has 0 aliphatic heterocycles. The van der Waals surface area contributed by atoms with Gasteiger partial charge in [0.2, 0.25) is 0 Å². The monoisotopic (exact) mass is 289 g/mol. The second-order valence-corrected chi connectivity index (χ2v) is 7.64. The van der Waals surface area contributed by atoms with E-state index in [2.05, 4.69) is 11.0 Å². The van der Waals surface area contributed by atoms with Gasteiger partial charge in [-0.2, -0.15) is 0 Å². The third-order valence-corrected chi connectivity index (χ3v) is 6.03. The van der Waals surface area contributed by atoms with Crippen molar-refractivity contribution in [1.82, 2.24) is 4.90 Å². The molecule has 0 saturated heterocycles. The lowest BCUT2D eigenvalue weighted by Gasteiger charge is -2.42. The molecule has 0 radical (unpaired) electrons. The molecule has 0 atom stereocenters. The maximum atomic E-state index is 2.98. The van der Waals surface area contributed by atoms with Crippen LogP contribution < -0.4 is 0 Å². The van der Waals surface area contributed by atoms with Crippen molar-refractivity contribution in [3.05, 3.63) is 11.8 Å². The molecule has 3 rings (SSSR count). The van der Waals surface area contributed by atoms with Gasteiger partial charge in [-0.25, -0.2) is 0 Å². The summed E-state index contributed by atoms with van der Waals surface area (Å²) >= 11 is 0. The first kappa shape index (κ1) is 15.4. The first-order chi connectivity index (χ1) is 10.4. The lowest BCUT2D eigenvalue weighted by Crippen LogP contribution is -2.42. The van der Waals surface area contributed by atoms with Gasteiger partial charge in [0, 0.05) is 17.8 Å². The topological polar surface area (TPSA) is 3.24 Å². The van der Waals surface area contributed by atoms with E-state index in [9.17, 15) is 0 Å². The highest BCUT2D eigenvalue weighted by Crippen LogP contribution is 2.35. The molecule has 0 N–H and O–H groups in total. The Bertz CT molecular complexity index is 297. The van der Waals surface area contributed by atoms with Crippen molar-refractivity contribution < 1.29 is 0 Å². The van der Waals surface area contributed by atoms with Crippen LogP contribution >= 0.6 is 0 Å². The summed E-state index contributed by atoms with van der Waals surface area (Å²) in [4.78, 5) is 2.98. The van der Waals surface area contributed by atoms with Gasteiger partial charge in [0.25, 0.3) is 0 Å². The van der Waals surface area contributed by atoms with Crippen molar-refractivity contribution in [2.24, 2.45) is 0 Å². The highest BCUT2D eigenvalue weighted by molar-refractivity contribution is 5.08. The molecule has 3 aliphatic carbocycles. The van der Waals surface area contributed by atoms with E-state index in [4.69, 9.17) is 0 Å². The van der Waals surface area contributed by atoms with Gasteiger partial charge in [-0.15, -0.1) is 0 Å². The predicted molar refractivity (Wildman–Crippen MR) is 91.4 cm³/mol. The molecule has 1 nitrogen and oxygen atoms in total. The summed E-state index contributed by atoms with van der Waals surface area (Å²) in [5, 5.41) is 0. The molecule has 0 unspecified atom stereocenters. The van der Waals surface area contributed by atoms with Crippen LogP contribution in [0.4, 0.5) is 0 Å². The maximum Gasteiger partial charge on any atom is 0.0289 e. The minimum atomic E-state index is 0.875. The molecule has 0 aromatic carbocycles. The van der Waals surface area contributed by atoms with Gasteiger partial charge in [-0.05, 0) is 51.4 Å². The molecule has 0 amide bonds. The van der Waals surface area contributed by atoms with E-state index in [1.54, 1.807) is 5.70 Å². The van der Waals surface area contributed by atoms with Crippen LogP contribution in [0.25, 0.3) is 0 Å². The van der Waals surface area contributed by atoms with Gasteiger partial charge in [0.15, 0.2) is 0 Å². The lowest BCUT2D eigenvalue weighted by molar-refractivity contribution is 0.144. The van der Waals surface area contributed by atoms with Gasteiger partial charge >= 0.3 is 0 Å². The summed E-state index contributed by atoms with van der Waals surface area (Å²) in [6.45, 7) is 0. The summed E-state index contributed by atoms with van der Waals surface area (Å²) in [6, 6.07) is 1.75. The average Bonchev–Trinajstić information content (AvgIpc) is 2.94. The summed E-state index contributed by atoms with van der Waals surface area (Å²) in [7, 11) is 0. The smallest absolute Gasteiger partial charge is 0.0289 e. The van der Waals surface area contributed by atoms with Crippen LogP contribution in [0.15, 0.2) is 11.8 Å². The fourth-order valence-electron chi connectivity index (χ4n) is 4.89. The molecule has 0 heterocycles. The Labute approximate surface area is 132 Å². The van der Waals surface area contributed by atoms with Crippen molar-refractivity contribution >= 4 is 0 Å². The SMILES string of the molecule is C1=C(N(C2CCCCCC2)C2CCCCCC2)CCCC1. The van der Waals surface area contributed by atoms with Crippen molar-refractivity contribution in [2.75, 3.05) is 0 Å². The molecule has 0 aromatic rings. The summed E-state index contributed by atoms with van der Waals surface area (Å²) < 4.78 is 0. The highest BCUT2D eigenvalue weighted by atomic mass is 15.2. The van der Waals surface area contributed by atoms with Gasteiger partial charge in [0.05, 0.1) is 0 Å². The second kappa shape index (κ2) is 8.25. The van der Waals surface area contributed by atoms with Crippen LogP contribution in [-0.4, -0.2) is 17.0 Å². The van der Waals surface area contributed by atoms with Crippen LogP contribution in [0.2, 0.25) is 0 Å². The Balaban J connectivity index is 1.76. The predicted octanol–water partition coefficient (Wildman–Crippen LogP) is 6.19. The molecule has 0 aromatic heterocycles. The number of nitrogens with zero attached hydrogens (tertiary/aromatic N) is 1. The first-order valence-electron chi connectivity index (χ1n) is 9.92. The normalized spacial score (nSPS) is 26.8. The van der Waals surface area contributed by atoms with Crippen molar-refractivity contribution in [3.8, 4) is 0 Å². The Kier molecular flexibility index (Phi) is 6.06. The zero-order chi connectivity index (χ0) is 14.3. The third-order valence-electron chi connectivity index (χ3n) is 6.03. The number of allylic oxidation sites excluding steroid dienone is 2. The van der Waals surface area contributed by atoms with Crippen LogP contribution in [0.5, 0.6) is 0 Å². The van der Waals surface area contributed by atoms with Crippen LogP contribution in [0.1, 0.15) is 103 Å². The Morgan fingerprint density at radius 1 is 0.619 bits per heavy atom. The van der Waals surface area contributed by atoms with Crippen molar-refractivity contribution in [3.63, 3.8) is 0 Å². The number of rotatable bonds is 3. The van der Waals surface area contributed by atoms with E-state index in [-0.39, 0.29) is 0 Å². The molecule has 2 fully saturated rings. The molecule has 21 heavy (non-hydrogen) atoms. The maximum absolute atomic E-state index is 2.98. The molecule has 1 heteroatoms. The van der Waals surface area contributed by atoms with Crippen molar-refractivity contribution in [2.45, 2.75) is 115 Å². The molecule has 2 saturated carbocycles. The Hall–Kier alpha value is -0.460. The quantitative estimate of drug-likeness (QED) is 0.560. The average molecular weight is 290 g/mol. The van der Waals surface area contributed by atoms with E-state index >= 15 is 0 Å². The van der Waals surface area contributed by atoms with E-state index in [1.165, 1.54) is 103 Å². The van der Waals surface area contributed by atoms with Gasteiger partial charge in [-0.3, -0.25) is 0 Å². The molecular weight excluding hydrogens is 254 g/mol. The van der Waals surface area contributed by atoms with Crippen LogP contribution in [0.3, 0.4) is 0 Å². The number of hydrogen-bond donors (Lipinski definition) is 0. The van der Waals surface area contributed by atoms with Crippen LogP contribution in [-0.2, 0) is 0 Å². The Morgan fingerprint density at radius 2 is 1.14 bits per heavy atom. The van der Waals surface area contributed by atoms with Gasteiger partial charge in [-0.1, -0.05) is 57.4 Å².